The van der Waals surface area contributed by atoms with Gasteiger partial charge in [-0.05, 0) is 37.2 Å². The van der Waals surface area contributed by atoms with Crippen molar-refractivity contribution in [3.05, 3.63) is 0 Å². The number of hydrogen-bond donors (Lipinski definition) is 1. The molecule has 2 atom stereocenters. The van der Waals surface area contributed by atoms with E-state index in [0.717, 1.165) is 50.3 Å². The number of rotatable bonds is 2. The third-order valence-electron chi connectivity index (χ3n) is 4.79. The minimum Gasteiger partial charge on any atom is -0.480 e. The Balaban J connectivity index is 1.70. The van der Waals surface area contributed by atoms with Gasteiger partial charge >= 0.3 is 5.97 Å². The molecule has 0 aromatic carbocycles. The first-order valence-corrected chi connectivity index (χ1v) is 8.64. The molecule has 0 amide bonds. The van der Waals surface area contributed by atoms with Crippen molar-refractivity contribution in [2.24, 2.45) is 0 Å². The number of ether oxygens (including phenoxy) is 2. The third-order valence-corrected chi connectivity index (χ3v) is 5.78. The number of thioether (sulfide) groups is 1. The lowest BCUT2D eigenvalue weighted by Gasteiger charge is -2.48. The van der Waals surface area contributed by atoms with Crippen molar-refractivity contribution in [1.82, 2.24) is 4.90 Å². The van der Waals surface area contributed by atoms with Crippen molar-refractivity contribution in [2.75, 3.05) is 37.9 Å². The van der Waals surface area contributed by atoms with Gasteiger partial charge in [-0.15, -0.1) is 0 Å². The van der Waals surface area contributed by atoms with E-state index >= 15 is 0 Å². The van der Waals surface area contributed by atoms with E-state index < -0.39 is 12.0 Å². The second-order valence-corrected chi connectivity index (χ2v) is 7.18. The van der Waals surface area contributed by atoms with Crippen LogP contribution in [0.5, 0.6) is 0 Å². The minimum absolute atomic E-state index is 0.00945. The predicted molar refractivity (Wildman–Crippen MR) is 77.2 cm³/mol. The van der Waals surface area contributed by atoms with E-state index in [4.69, 9.17) is 9.47 Å². The molecule has 3 fully saturated rings. The van der Waals surface area contributed by atoms with Crippen LogP contribution in [-0.4, -0.2) is 71.5 Å². The van der Waals surface area contributed by atoms with Crippen LogP contribution in [0.2, 0.25) is 0 Å². The highest BCUT2D eigenvalue weighted by molar-refractivity contribution is 7.99. The van der Waals surface area contributed by atoms with E-state index in [0.29, 0.717) is 19.3 Å². The second-order valence-electron chi connectivity index (χ2n) is 5.96. The van der Waals surface area contributed by atoms with Gasteiger partial charge in [0.1, 0.15) is 6.04 Å². The molecule has 20 heavy (non-hydrogen) atoms. The Morgan fingerprint density at radius 2 is 2.10 bits per heavy atom. The molecule has 5 nitrogen and oxygen atoms in total. The zero-order valence-corrected chi connectivity index (χ0v) is 12.6. The zero-order valence-electron chi connectivity index (χ0n) is 11.8. The molecule has 0 bridgehead atoms. The van der Waals surface area contributed by atoms with Crippen molar-refractivity contribution >= 4 is 17.7 Å². The van der Waals surface area contributed by atoms with Gasteiger partial charge in [0.15, 0.2) is 0 Å². The summed E-state index contributed by atoms with van der Waals surface area (Å²) in [4.78, 5) is 13.6. The van der Waals surface area contributed by atoms with Gasteiger partial charge in [-0.3, -0.25) is 9.69 Å². The Morgan fingerprint density at radius 1 is 1.30 bits per heavy atom. The summed E-state index contributed by atoms with van der Waals surface area (Å²) in [6.07, 6.45) is 4.14. The van der Waals surface area contributed by atoms with Gasteiger partial charge in [0, 0.05) is 19.2 Å². The highest BCUT2D eigenvalue weighted by atomic mass is 32.2. The molecule has 2 unspecified atom stereocenters. The Labute approximate surface area is 124 Å². The molecule has 3 saturated heterocycles. The van der Waals surface area contributed by atoms with Crippen LogP contribution in [0.25, 0.3) is 0 Å². The van der Waals surface area contributed by atoms with Crippen LogP contribution in [0, 0.1) is 0 Å². The maximum atomic E-state index is 11.4. The summed E-state index contributed by atoms with van der Waals surface area (Å²) < 4.78 is 11.4. The summed E-state index contributed by atoms with van der Waals surface area (Å²) in [6, 6.07) is -0.154. The molecule has 3 rings (SSSR count). The molecule has 0 aliphatic carbocycles. The summed E-state index contributed by atoms with van der Waals surface area (Å²) in [6.45, 7) is 2.45. The largest absolute Gasteiger partial charge is 0.480 e. The molecule has 0 saturated carbocycles. The van der Waals surface area contributed by atoms with Crippen LogP contribution >= 0.6 is 11.8 Å². The fourth-order valence-electron chi connectivity index (χ4n) is 3.64. The van der Waals surface area contributed by atoms with Crippen molar-refractivity contribution in [3.8, 4) is 0 Å². The number of nitrogens with zero attached hydrogens (tertiary/aromatic N) is 1. The van der Waals surface area contributed by atoms with E-state index in [2.05, 4.69) is 4.90 Å². The molecule has 114 valence electrons. The minimum atomic E-state index is -0.760. The maximum Gasteiger partial charge on any atom is 0.323 e. The van der Waals surface area contributed by atoms with Crippen LogP contribution in [0.4, 0.5) is 0 Å². The zero-order chi connectivity index (χ0) is 14.0. The highest BCUT2D eigenvalue weighted by Gasteiger charge is 2.43. The summed E-state index contributed by atoms with van der Waals surface area (Å²) in [5, 5.41) is 9.38. The molecule has 3 heterocycles. The highest BCUT2D eigenvalue weighted by Crippen LogP contribution is 2.39. The Kier molecular flexibility index (Phi) is 4.55. The normalized spacial score (nSPS) is 35.0. The van der Waals surface area contributed by atoms with Crippen LogP contribution in [0.3, 0.4) is 0 Å². The summed E-state index contributed by atoms with van der Waals surface area (Å²) in [7, 11) is 0. The average molecular weight is 301 g/mol. The quantitative estimate of drug-likeness (QED) is 0.827. The van der Waals surface area contributed by atoms with Gasteiger partial charge in [0.25, 0.3) is 0 Å². The lowest BCUT2D eigenvalue weighted by molar-refractivity contribution is -0.160. The number of carboxylic acid groups (broad SMARTS) is 1. The van der Waals surface area contributed by atoms with Crippen molar-refractivity contribution < 1.29 is 19.4 Å². The van der Waals surface area contributed by atoms with E-state index in [1.807, 2.05) is 11.8 Å². The lowest BCUT2D eigenvalue weighted by Crippen LogP contribution is -2.58. The molecule has 0 aromatic heterocycles. The molecule has 6 heteroatoms. The van der Waals surface area contributed by atoms with Crippen LogP contribution < -0.4 is 0 Å². The number of hydrogen-bond acceptors (Lipinski definition) is 5. The van der Waals surface area contributed by atoms with Crippen LogP contribution in [0.1, 0.15) is 25.7 Å². The van der Waals surface area contributed by atoms with Crippen LogP contribution in [-0.2, 0) is 14.3 Å². The molecule has 3 aliphatic heterocycles. The predicted octanol–water partition coefficient (Wildman–Crippen LogP) is 1.22. The first kappa shape index (κ1) is 14.6. The Hall–Kier alpha value is -0.300. The van der Waals surface area contributed by atoms with Gasteiger partial charge in [-0.1, -0.05) is 0 Å². The molecule has 1 N–H and O–H groups in total. The topological polar surface area (TPSA) is 59.0 Å². The third kappa shape index (κ3) is 2.98. The van der Waals surface area contributed by atoms with Gasteiger partial charge < -0.3 is 14.6 Å². The lowest BCUT2D eigenvalue weighted by atomic mass is 9.84. The fourth-order valence-corrected chi connectivity index (χ4v) is 4.88. The monoisotopic (exact) mass is 301 g/mol. The van der Waals surface area contributed by atoms with Crippen molar-refractivity contribution in [2.45, 2.75) is 43.4 Å². The number of morpholine rings is 1. The number of carboxylic acids is 1. The van der Waals surface area contributed by atoms with E-state index in [1.165, 1.54) is 0 Å². The van der Waals surface area contributed by atoms with E-state index in [-0.39, 0.29) is 5.60 Å². The standard InChI is InChI=1S/C14H23NO4S/c16-13(17)12-10-18-6-4-15(12)11-1-5-19-14(9-11)2-7-20-8-3-14/h11-12H,1-10H2,(H,16,17). The fraction of sp³-hybridized carbons (Fsp3) is 0.929. The van der Waals surface area contributed by atoms with Gasteiger partial charge in [0.05, 0.1) is 18.8 Å². The van der Waals surface area contributed by atoms with E-state index in [9.17, 15) is 9.90 Å². The number of carbonyl (C=O) groups is 1. The van der Waals surface area contributed by atoms with Gasteiger partial charge in [-0.2, -0.15) is 11.8 Å². The molecule has 3 aliphatic rings. The van der Waals surface area contributed by atoms with Crippen molar-refractivity contribution in [1.29, 1.82) is 0 Å². The average Bonchev–Trinajstić information content (AvgIpc) is 2.48. The summed E-state index contributed by atoms with van der Waals surface area (Å²) in [5.41, 5.74) is 0.00945. The SMILES string of the molecule is O=C(O)C1COCCN1C1CCOC2(CCSCC2)C1. The molecule has 0 radical (unpaired) electrons. The van der Waals surface area contributed by atoms with Gasteiger partial charge in [0.2, 0.25) is 0 Å². The summed E-state index contributed by atoms with van der Waals surface area (Å²) in [5.74, 6) is 1.57. The smallest absolute Gasteiger partial charge is 0.323 e. The first-order chi connectivity index (χ1) is 9.70. The second kappa shape index (κ2) is 6.22. The molecular formula is C14H23NO4S. The Bertz CT molecular complexity index is 354. The molecular weight excluding hydrogens is 278 g/mol. The molecule has 1 spiro atoms. The first-order valence-electron chi connectivity index (χ1n) is 7.48. The number of aliphatic carboxylic acids is 1. The summed E-state index contributed by atoms with van der Waals surface area (Å²) >= 11 is 2.00. The van der Waals surface area contributed by atoms with Crippen LogP contribution in [0.15, 0.2) is 0 Å². The van der Waals surface area contributed by atoms with Gasteiger partial charge in [-0.25, -0.2) is 0 Å². The molecule has 0 aromatic rings. The van der Waals surface area contributed by atoms with E-state index in [1.54, 1.807) is 0 Å². The van der Waals surface area contributed by atoms with Crippen molar-refractivity contribution in [3.63, 3.8) is 0 Å². The Morgan fingerprint density at radius 3 is 2.85 bits per heavy atom. The maximum absolute atomic E-state index is 11.4.